The minimum absolute atomic E-state index is 0.129. The highest BCUT2D eigenvalue weighted by atomic mass is 19.4. The molecule has 2 unspecified atom stereocenters. The molecule has 38 heavy (non-hydrogen) atoms. The van der Waals surface area contributed by atoms with Crippen LogP contribution < -0.4 is 11.1 Å². The van der Waals surface area contributed by atoms with E-state index in [1.807, 2.05) is 24.7 Å². The van der Waals surface area contributed by atoms with Gasteiger partial charge in [-0.2, -0.15) is 18.3 Å². The Bertz CT molecular complexity index is 1350. The Balaban J connectivity index is 1.44. The molecule has 0 bridgehead atoms. The number of nitrogens with two attached hydrogens (primary N) is 1. The Morgan fingerprint density at radius 1 is 1.29 bits per heavy atom. The molecule has 0 spiro atoms. The first-order valence-corrected chi connectivity index (χ1v) is 12.8. The van der Waals surface area contributed by atoms with Crippen LogP contribution in [0.1, 0.15) is 66.8 Å². The zero-order valence-electron chi connectivity index (χ0n) is 21.2. The maximum absolute atomic E-state index is 13.6. The van der Waals surface area contributed by atoms with Crippen LogP contribution in [0.15, 0.2) is 73.0 Å². The molecule has 3 aromatic rings. The standard InChI is InChI=1S/C28H31F3N6O/c1-27(25(10-9-19-7-8-19)36-13-12-33-18-36)11-3-5-21(16-27)34-26(38)23-15-24(28(29,30)31)35-37(23)22-6-2-4-20(14-22)17-32/h2-6,12-16,18-19,25H,7-11,17,32H2,1H3,(H,34,38). The van der Waals surface area contributed by atoms with Crippen molar-refractivity contribution in [1.29, 1.82) is 0 Å². The smallest absolute Gasteiger partial charge is 0.334 e. The van der Waals surface area contributed by atoms with E-state index in [-0.39, 0.29) is 23.7 Å². The highest BCUT2D eigenvalue weighted by molar-refractivity contribution is 5.94. The summed E-state index contributed by atoms with van der Waals surface area (Å²) in [6.07, 6.45) is 12.1. The summed E-state index contributed by atoms with van der Waals surface area (Å²) in [5.41, 5.74) is 5.61. The van der Waals surface area contributed by atoms with Crippen molar-refractivity contribution < 1.29 is 18.0 Å². The van der Waals surface area contributed by atoms with Crippen molar-refractivity contribution in [3.05, 3.63) is 89.9 Å². The summed E-state index contributed by atoms with van der Waals surface area (Å²) in [4.78, 5) is 17.6. The molecule has 0 saturated heterocycles. The number of aromatic nitrogens is 4. The summed E-state index contributed by atoms with van der Waals surface area (Å²) in [5.74, 6) is 0.0938. The number of amides is 1. The third-order valence-electron chi connectivity index (χ3n) is 7.41. The molecule has 1 fully saturated rings. The molecule has 3 N–H and O–H groups in total. The summed E-state index contributed by atoms with van der Waals surface area (Å²) < 4.78 is 43.8. The third-order valence-corrected chi connectivity index (χ3v) is 7.41. The summed E-state index contributed by atoms with van der Waals surface area (Å²) in [7, 11) is 0. The first-order chi connectivity index (χ1) is 18.2. The van der Waals surface area contributed by atoms with Crippen LogP contribution in [0, 0.1) is 11.3 Å². The number of carbonyl (C=O) groups excluding carboxylic acids is 1. The Morgan fingerprint density at radius 2 is 2.11 bits per heavy atom. The Kier molecular flexibility index (Phi) is 7.00. The Labute approximate surface area is 219 Å². The second kappa shape index (κ2) is 10.2. The molecule has 1 aromatic carbocycles. The van der Waals surface area contributed by atoms with Crippen LogP contribution in [0.25, 0.3) is 5.69 Å². The number of carbonyl (C=O) groups is 1. The van der Waals surface area contributed by atoms with Crippen molar-refractivity contribution in [2.75, 3.05) is 0 Å². The number of imidazole rings is 1. The second-order valence-electron chi connectivity index (χ2n) is 10.4. The predicted molar refractivity (Wildman–Crippen MR) is 137 cm³/mol. The maximum Gasteiger partial charge on any atom is 0.435 e. The number of rotatable bonds is 9. The van der Waals surface area contributed by atoms with Gasteiger partial charge in [-0.1, -0.05) is 44.1 Å². The van der Waals surface area contributed by atoms with Crippen LogP contribution in [-0.2, 0) is 12.7 Å². The number of halogens is 3. The van der Waals surface area contributed by atoms with Crippen molar-refractivity contribution in [3.63, 3.8) is 0 Å². The van der Waals surface area contributed by atoms with E-state index in [0.29, 0.717) is 16.9 Å². The fourth-order valence-electron chi connectivity index (χ4n) is 5.17. The van der Waals surface area contributed by atoms with Gasteiger partial charge in [-0.05, 0) is 49.0 Å². The van der Waals surface area contributed by atoms with E-state index in [2.05, 4.69) is 26.9 Å². The highest BCUT2D eigenvalue weighted by Gasteiger charge is 2.38. The van der Waals surface area contributed by atoms with E-state index in [9.17, 15) is 18.0 Å². The first kappa shape index (κ1) is 26.0. The van der Waals surface area contributed by atoms with Gasteiger partial charge in [0.2, 0.25) is 0 Å². The highest BCUT2D eigenvalue weighted by Crippen LogP contribution is 2.45. The van der Waals surface area contributed by atoms with Gasteiger partial charge in [0.1, 0.15) is 5.69 Å². The molecule has 0 aliphatic heterocycles. The van der Waals surface area contributed by atoms with Crippen molar-refractivity contribution in [1.82, 2.24) is 24.6 Å². The van der Waals surface area contributed by atoms with E-state index < -0.39 is 17.8 Å². The molecule has 1 amide bonds. The lowest BCUT2D eigenvalue weighted by molar-refractivity contribution is -0.141. The minimum atomic E-state index is -4.70. The lowest BCUT2D eigenvalue weighted by Gasteiger charge is -2.38. The van der Waals surface area contributed by atoms with Gasteiger partial charge < -0.3 is 15.6 Å². The molecular weight excluding hydrogens is 493 g/mol. The number of hydrogen-bond donors (Lipinski definition) is 2. The monoisotopic (exact) mass is 524 g/mol. The molecule has 2 aliphatic rings. The fourth-order valence-corrected chi connectivity index (χ4v) is 5.17. The normalized spacial score (nSPS) is 20.3. The van der Waals surface area contributed by atoms with E-state index in [0.717, 1.165) is 35.9 Å². The van der Waals surface area contributed by atoms with Crippen LogP contribution >= 0.6 is 0 Å². The van der Waals surface area contributed by atoms with Crippen molar-refractivity contribution in [3.8, 4) is 5.69 Å². The van der Waals surface area contributed by atoms with E-state index in [4.69, 9.17) is 5.73 Å². The molecule has 1 saturated carbocycles. The summed E-state index contributed by atoms with van der Waals surface area (Å²) in [6.45, 7) is 2.35. The lowest BCUT2D eigenvalue weighted by Crippen LogP contribution is -2.32. The number of alkyl halides is 3. The number of allylic oxidation sites excluding steroid dienone is 3. The van der Waals surface area contributed by atoms with Crippen LogP contribution in [0.5, 0.6) is 0 Å². The number of nitrogens with one attached hydrogen (secondary N) is 1. The molecule has 2 aliphatic carbocycles. The number of benzene rings is 1. The van der Waals surface area contributed by atoms with Gasteiger partial charge >= 0.3 is 6.18 Å². The third kappa shape index (κ3) is 5.60. The molecule has 7 nitrogen and oxygen atoms in total. The SMILES string of the molecule is CC1(C(CCC2CC2)n2ccnc2)C=C(NC(=O)c2cc(C(F)(F)F)nn2-c2cccc(CN)c2)C=CC1. The Morgan fingerprint density at radius 3 is 2.79 bits per heavy atom. The summed E-state index contributed by atoms with van der Waals surface area (Å²) in [6, 6.07) is 7.55. The topological polar surface area (TPSA) is 90.8 Å². The number of hydrogen-bond acceptors (Lipinski definition) is 4. The van der Waals surface area contributed by atoms with Crippen LogP contribution in [0.2, 0.25) is 0 Å². The molecule has 10 heteroatoms. The van der Waals surface area contributed by atoms with E-state index in [1.54, 1.807) is 36.5 Å². The Hall–Kier alpha value is -3.66. The van der Waals surface area contributed by atoms with Gasteiger partial charge in [-0.3, -0.25) is 4.79 Å². The molecule has 0 radical (unpaired) electrons. The first-order valence-electron chi connectivity index (χ1n) is 12.8. The van der Waals surface area contributed by atoms with Crippen molar-refractivity contribution in [2.45, 2.75) is 57.8 Å². The summed E-state index contributed by atoms with van der Waals surface area (Å²) in [5, 5.41) is 6.55. The van der Waals surface area contributed by atoms with Gasteiger partial charge in [0.05, 0.1) is 12.0 Å². The molecule has 5 rings (SSSR count). The molecule has 2 aromatic heterocycles. The quantitative estimate of drug-likeness (QED) is 0.384. The predicted octanol–water partition coefficient (Wildman–Crippen LogP) is 5.56. The largest absolute Gasteiger partial charge is 0.435 e. The van der Waals surface area contributed by atoms with Crippen LogP contribution in [0.3, 0.4) is 0 Å². The average Bonchev–Trinajstić information content (AvgIpc) is 3.35. The molecular formula is C28H31F3N6O. The average molecular weight is 525 g/mol. The van der Waals surface area contributed by atoms with Crippen LogP contribution in [0.4, 0.5) is 13.2 Å². The molecule has 2 atom stereocenters. The van der Waals surface area contributed by atoms with Crippen molar-refractivity contribution >= 4 is 5.91 Å². The van der Waals surface area contributed by atoms with Gasteiger partial charge in [0, 0.05) is 42.2 Å². The van der Waals surface area contributed by atoms with E-state index >= 15 is 0 Å². The number of nitrogens with zero attached hydrogens (tertiary/aromatic N) is 4. The van der Waals surface area contributed by atoms with Gasteiger partial charge in [0.25, 0.3) is 5.91 Å². The second-order valence-corrected chi connectivity index (χ2v) is 10.4. The molecule has 2 heterocycles. The van der Waals surface area contributed by atoms with Gasteiger partial charge in [-0.25, -0.2) is 9.67 Å². The fraction of sp³-hybridized carbons (Fsp3) is 0.393. The zero-order chi connectivity index (χ0) is 26.9. The van der Waals surface area contributed by atoms with Crippen molar-refractivity contribution in [2.24, 2.45) is 17.1 Å². The van der Waals surface area contributed by atoms with Gasteiger partial charge in [-0.15, -0.1) is 0 Å². The maximum atomic E-state index is 13.6. The van der Waals surface area contributed by atoms with Gasteiger partial charge in [0.15, 0.2) is 5.69 Å². The van der Waals surface area contributed by atoms with Crippen LogP contribution in [-0.4, -0.2) is 25.2 Å². The van der Waals surface area contributed by atoms with E-state index in [1.165, 1.54) is 12.8 Å². The minimum Gasteiger partial charge on any atom is -0.334 e. The summed E-state index contributed by atoms with van der Waals surface area (Å²) >= 11 is 0. The zero-order valence-corrected chi connectivity index (χ0v) is 21.2. The molecule has 200 valence electrons. The lowest BCUT2D eigenvalue weighted by atomic mass is 9.74.